The molecule has 0 unspecified atom stereocenters. The van der Waals surface area contributed by atoms with Crippen LogP contribution in [0.2, 0.25) is 0 Å². The Bertz CT molecular complexity index is 1120. The maximum absolute atomic E-state index is 13.4. The Kier molecular flexibility index (Phi) is 6.10. The average Bonchev–Trinajstić information content (AvgIpc) is 2.81. The average molecular weight is 450 g/mol. The first kappa shape index (κ1) is 22.8. The van der Waals surface area contributed by atoms with E-state index in [9.17, 15) is 14.4 Å². The molecule has 1 aromatic heterocycles. The van der Waals surface area contributed by atoms with Crippen LogP contribution in [0.4, 0.5) is 17.2 Å². The van der Waals surface area contributed by atoms with E-state index in [1.54, 1.807) is 11.0 Å². The Balaban J connectivity index is 1.60. The third-order valence-corrected chi connectivity index (χ3v) is 6.92. The van der Waals surface area contributed by atoms with E-state index in [4.69, 9.17) is 5.73 Å². The van der Waals surface area contributed by atoms with E-state index in [1.165, 1.54) is 6.20 Å². The smallest absolute Gasteiger partial charge is 0.313 e. The molecule has 2 aliphatic heterocycles. The van der Waals surface area contributed by atoms with Gasteiger partial charge in [-0.05, 0) is 67.3 Å². The van der Waals surface area contributed by atoms with Crippen molar-refractivity contribution in [3.05, 3.63) is 47.2 Å². The lowest BCUT2D eigenvalue weighted by Gasteiger charge is -2.47. The number of hydrogen-bond donors (Lipinski definition) is 3. The van der Waals surface area contributed by atoms with Gasteiger partial charge in [-0.25, -0.2) is 4.98 Å². The number of nitrogens with zero attached hydrogens (tertiary/aromatic N) is 2. The minimum atomic E-state index is -0.686. The second kappa shape index (κ2) is 8.84. The molecule has 8 nitrogen and oxygen atoms in total. The van der Waals surface area contributed by atoms with Crippen molar-refractivity contribution >= 4 is 34.9 Å². The molecule has 0 bridgehead atoms. The zero-order valence-electron chi connectivity index (χ0n) is 19.4. The highest BCUT2D eigenvalue weighted by molar-refractivity contribution is 6.39. The third kappa shape index (κ3) is 4.42. The van der Waals surface area contributed by atoms with Crippen molar-refractivity contribution in [2.24, 2.45) is 5.92 Å². The van der Waals surface area contributed by atoms with Crippen LogP contribution in [0, 0.1) is 5.92 Å². The molecule has 4 N–H and O–H groups in total. The number of nitrogens with two attached hydrogens (primary N) is 1. The van der Waals surface area contributed by atoms with E-state index in [2.05, 4.69) is 28.6 Å². The van der Waals surface area contributed by atoms with Crippen LogP contribution >= 0.6 is 0 Å². The standard InChI is InChI=1S/C25H31N5O3/c1-4-16-12-19(13-27-22(16)26)28-23(32)24(33)30-14-15(2)9-10-25(30,3)18-6-7-20-17(11-18)5-8-21(31)29-20/h6-7,11-13,15H,4-5,8-10,14H2,1-3H3,(H2,26,27)(H,28,32)(H,29,31)/t15-,25-/m0/s1. The topological polar surface area (TPSA) is 117 Å². The summed E-state index contributed by atoms with van der Waals surface area (Å²) in [5, 5.41) is 5.61. The monoisotopic (exact) mass is 449 g/mol. The molecule has 3 amide bonds. The summed E-state index contributed by atoms with van der Waals surface area (Å²) in [5.74, 6) is -0.525. The lowest BCUT2D eigenvalue weighted by Crippen LogP contribution is -2.55. The number of nitrogen functional groups attached to an aromatic ring is 1. The number of likely N-dealkylation sites (tertiary alicyclic amines) is 1. The Labute approximate surface area is 193 Å². The fourth-order valence-corrected chi connectivity index (χ4v) is 4.77. The molecule has 8 heteroatoms. The Morgan fingerprint density at radius 1 is 1.30 bits per heavy atom. The first-order valence-corrected chi connectivity index (χ1v) is 11.5. The van der Waals surface area contributed by atoms with Crippen LogP contribution in [0.1, 0.15) is 56.7 Å². The largest absolute Gasteiger partial charge is 0.383 e. The summed E-state index contributed by atoms with van der Waals surface area (Å²) in [6.45, 7) is 6.57. The lowest BCUT2D eigenvalue weighted by atomic mass is 9.78. The number of aromatic nitrogens is 1. The number of fused-ring (bicyclic) bond motifs is 1. The highest BCUT2D eigenvalue weighted by atomic mass is 16.2. The molecule has 0 spiro atoms. The van der Waals surface area contributed by atoms with Gasteiger partial charge in [0.25, 0.3) is 0 Å². The highest BCUT2D eigenvalue weighted by Gasteiger charge is 2.43. The fourth-order valence-electron chi connectivity index (χ4n) is 4.77. The molecule has 1 fully saturated rings. The summed E-state index contributed by atoms with van der Waals surface area (Å²) < 4.78 is 0. The van der Waals surface area contributed by atoms with Gasteiger partial charge in [0.2, 0.25) is 5.91 Å². The molecule has 1 aromatic carbocycles. The predicted octanol–water partition coefficient (Wildman–Crippen LogP) is 3.22. The van der Waals surface area contributed by atoms with Gasteiger partial charge in [-0.1, -0.05) is 26.0 Å². The third-order valence-electron chi connectivity index (χ3n) is 6.92. The van der Waals surface area contributed by atoms with Crippen LogP contribution in [0.3, 0.4) is 0 Å². The molecule has 174 valence electrons. The van der Waals surface area contributed by atoms with Crippen molar-refractivity contribution in [3.8, 4) is 0 Å². The van der Waals surface area contributed by atoms with Gasteiger partial charge in [-0.3, -0.25) is 14.4 Å². The molecule has 3 heterocycles. The highest BCUT2D eigenvalue weighted by Crippen LogP contribution is 2.41. The number of carbonyl (C=O) groups is 3. The number of hydrogen-bond acceptors (Lipinski definition) is 5. The Morgan fingerprint density at radius 2 is 2.09 bits per heavy atom. The Hall–Kier alpha value is -3.42. The van der Waals surface area contributed by atoms with Gasteiger partial charge in [-0.15, -0.1) is 0 Å². The van der Waals surface area contributed by atoms with E-state index < -0.39 is 17.4 Å². The first-order valence-electron chi connectivity index (χ1n) is 11.5. The number of anilines is 3. The number of rotatable bonds is 3. The van der Waals surface area contributed by atoms with Gasteiger partial charge in [0.05, 0.1) is 17.4 Å². The second-order valence-corrected chi connectivity index (χ2v) is 9.33. The number of carbonyl (C=O) groups excluding carboxylic acids is 3. The molecular formula is C25H31N5O3. The molecular weight excluding hydrogens is 418 g/mol. The fraction of sp³-hybridized carbons (Fsp3) is 0.440. The van der Waals surface area contributed by atoms with Gasteiger partial charge < -0.3 is 21.3 Å². The molecule has 1 saturated heterocycles. The number of piperidine rings is 1. The molecule has 0 saturated carbocycles. The number of pyridine rings is 1. The summed E-state index contributed by atoms with van der Waals surface area (Å²) in [6, 6.07) is 7.68. The van der Waals surface area contributed by atoms with Crippen molar-refractivity contribution < 1.29 is 14.4 Å². The van der Waals surface area contributed by atoms with E-state index in [0.717, 1.165) is 35.2 Å². The first-order chi connectivity index (χ1) is 15.7. The van der Waals surface area contributed by atoms with Crippen molar-refractivity contribution in [3.63, 3.8) is 0 Å². The van der Waals surface area contributed by atoms with Gasteiger partial charge >= 0.3 is 11.8 Å². The Morgan fingerprint density at radius 3 is 2.85 bits per heavy atom. The second-order valence-electron chi connectivity index (χ2n) is 9.33. The summed E-state index contributed by atoms with van der Waals surface area (Å²) in [4.78, 5) is 43.9. The molecule has 33 heavy (non-hydrogen) atoms. The van der Waals surface area contributed by atoms with Gasteiger partial charge in [0.1, 0.15) is 5.82 Å². The van der Waals surface area contributed by atoms with E-state index in [0.29, 0.717) is 37.3 Å². The van der Waals surface area contributed by atoms with Gasteiger partial charge in [0, 0.05) is 18.7 Å². The van der Waals surface area contributed by atoms with Crippen LogP contribution in [0.5, 0.6) is 0 Å². The van der Waals surface area contributed by atoms with E-state index in [1.807, 2.05) is 26.0 Å². The number of amides is 3. The molecule has 2 aromatic rings. The normalized spacial score (nSPS) is 22.3. The van der Waals surface area contributed by atoms with Crippen LogP contribution < -0.4 is 16.4 Å². The number of nitrogens with one attached hydrogen (secondary N) is 2. The van der Waals surface area contributed by atoms with Crippen LogP contribution in [0.25, 0.3) is 0 Å². The van der Waals surface area contributed by atoms with E-state index in [-0.39, 0.29) is 11.8 Å². The van der Waals surface area contributed by atoms with Crippen molar-refractivity contribution in [1.82, 2.24) is 9.88 Å². The van der Waals surface area contributed by atoms with Crippen LogP contribution in [-0.2, 0) is 32.8 Å². The quantitative estimate of drug-likeness (QED) is 0.622. The molecule has 0 aliphatic carbocycles. The molecule has 2 aliphatic rings. The summed E-state index contributed by atoms with van der Waals surface area (Å²) in [6.07, 6.45) is 4.97. The maximum atomic E-state index is 13.4. The van der Waals surface area contributed by atoms with Crippen LogP contribution in [0.15, 0.2) is 30.5 Å². The predicted molar refractivity (Wildman–Crippen MR) is 128 cm³/mol. The van der Waals surface area contributed by atoms with Gasteiger partial charge in [0.15, 0.2) is 0 Å². The zero-order chi connectivity index (χ0) is 23.8. The zero-order valence-corrected chi connectivity index (χ0v) is 19.4. The maximum Gasteiger partial charge on any atom is 0.313 e. The van der Waals surface area contributed by atoms with Crippen molar-refractivity contribution in [1.29, 1.82) is 0 Å². The SMILES string of the molecule is CCc1cc(NC(=O)C(=O)N2C[C@@H](C)CC[C@@]2(C)c2ccc3c(c2)CCC(=O)N3)cnc1N. The summed E-state index contributed by atoms with van der Waals surface area (Å²) in [7, 11) is 0. The van der Waals surface area contributed by atoms with E-state index >= 15 is 0 Å². The van der Waals surface area contributed by atoms with Gasteiger partial charge in [-0.2, -0.15) is 0 Å². The molecule has 4 rings (SSSR count). The van der Waals surface area contributed by atoms with Crippen molar-refractivity contribution in [2.45, 2.75) is 58.4 Å². The minimum Gasteiger partial charge on any atom is -0.383 e. The van der Waals surface area contributed by atoms with Crippen LogP contribution in [-0.4, -0.2) is 34.2 Å². The molecule has 2 atom stereocenters. The lowest BCUT2D eigenvalue weighted by molar-refractivity contribution is -0.150. The summed E-state index contributed by atoms with van der Waals surface area (Å²) >= 11 is 0. The van der Waals surface area contributed by atoms with Crippen molar-refractivity contribution in [2.75, 3.05) is 22.9 Å². The minimum absolute atomic E-state index is 0.0183. The molecule has 0 radical (unpaired) electrons. The number of aryl methyl sites for hydroxylation is 2. The summed E-state index contributed by atoms with van der Waals surface area (Å²) in [5.41, 5.74) is 9.37. The number of benzene rings is 1.